The minimum absolute atomic E-state index is 0.0613. The minimum Gasteiger partial charge on any atom is -0.327 e. The van der Waals surface area contributed by atoms with Crippen molar-refractivity contribution in [1.82, 2.24) is 0 Å². The van der Waals surface area contributed by atoms with Crippen LogP contribution in [-0.4, -0.2) is 11.6 Å². The Morgan fingerprint density at radius 2 is 1.85 bits per heavy atom. The van der Waals surface area contributed by atoms with E-state index in [1.165, 1.54) is 6.42 Å². The summed E-state index contributed by atoms with van der Waals surface area (Å²) < 4.78 is 0. The molecule has 1 aliphatic rings. The van der Waals surface area contributed by atoms with Gasteiger partial charge >= 0.3 is 0 Å². The quantitative estimate of drug-likeness (QED) is 0.690. The van der Waals surface area contributed by atoms with Gasteiger partial charge in [-0.3, -0.25) is 0 Å². The van der Waals surface area contributed by atoms with E-state index in [0.29, 0.717) is 6.04 Å². The van der Waals surface area contributed by atoms with Crippen LogP contribution in [-0.2, 0) is 0 Å². The standard InChI is InChI=1S/C11H24N2/c1-4-11(5-2)9(12)7-6-8-10(11,3)13/h9H,4-8,12-13H2,1-3H3. The first-order valence-corrected chi connectivity index (χ1v) is 5.54. The fourth-order valence-corrected chi connectivity index (χ4v) is 3.22. The lowest BCUT2D eigenvalue weighted by Gasteiger charge is -2.53. The lowest BCUT2D eigenvalue weighted by molar-refractivity contribution is 0.0413. The van der Waals surface area contributed by atoms with Gasteiger partial charge in [-0.2, -0.15) is 0 Å². The molecular formula is C11H24N2. The lowest BCUT2D eigenvalue weighted by Crippen LogP contribution is -2.63. The summed E-state index contributed by atoms with van der Waals surface area (Å²) in [4.78, 5) is 0. The normalized spacial score (nSPS) is 39.0. The maximum absolute atomic E-state index is 6.39. The van der Waals surface area contributed by atoms with Crippen LogP contribution in [0.2, 0.25) is 0 Å². The Morgan fingerprint density at radius 3 is 2.15 bits per heavy atom. The molecule has 1 saturated carbocycles. The van der Waals surface area contributed by atoms with Crippen molar-refractivity contribution in [2.45, 2.75) is 64.5 Å². The summed E-state index contributed by atoms with van der Waals surface area (Å²) in [7, 11) is 0. The van der Waals surface area contributed by atoms with Gasteiger partial charge in [0.15, 0.2) is 0 Å². The predicted octanol–water partition coefficient (Wildman–Crippen LogP) is 2.02. The molecule has 1 fully saturated rings. The summed E-state index contributed by atoms with van der Waals surface area (Å²) in [5.74, 6) is 0. The van der Waals surface area contributed by atoms with Crippen LogP contribution >= 0.6 is 0 Å². The molecule has 2 heteroatoms. The third-order valence-electron chi connectivity index (χ3n) is 4.32. The van der Waals surface area contributed by atoms with Crippen molar-refractivity contribution in [2.24, 2.45) is 16.9 Å². The maximum atomic E-state index is 6.39. The van der Waals surface area contributed by atoms with Gasteiger partial charge in [-0.25, -0.2) is 0 Å². The molecule has 2 unspecified atom stereocenters. The van der Waals surface area contributed by atoms with Crippen LogP contribution < -0.4 is 11.5 Å². The fourth-order valence-electron chi connectivity index (χ4n) is 3.22. The Labute approximate surface area is 82.1 Å². The van der Waals surface area contributed by atoms with Crippen molar-refractivity contribution in [3.63, 3.8) is 0 Å². The van der Waals surface area contributed by atoms with Crippen LogP contribution in [0, 0.1) is 5.41 Å². The highest BCUT2D eigenvalue weighted by Crippen LogP contribution is 2.46. The summed E-state index contributed by atoms with van der Waals surface area (Å²) in [6.07, 6.45) is 5.68. The highest BCUT2D eigenvalue weighted by atomic mass is 14.9. The Kier molecular flexibility index (Phi) is 3.03. The first kappa shape index (κ1) is 11.0. The molecule has 0 aromatic heterocycles. The molecule has 78 valence electrons. The van der Waals surface area contributed by atoms with Gasteiger partial charge in [0.25, 0.3) is 0 Å². The Hall–Kier alpha value is -0.0800. The summed E-state index contributed by atoms with van der Waals surface area (Å²) in [6, 6.07) is 0.297. The van der Waals surface area contributed by atoms with Gasteiger partial charge in [-0.1, -0.05) is 20.3 Å². The molecule has 1 rings (SSSR count). The van der Waals surface area contributed by atoms with Crippen LogP contribution in [0.1, 0.15) is 52.9 Å². The van der Waals surface area contributed by atoms with Gasteiger partial charge in [0.05, 0.1) is 0 Å². The SMILES string of the molecule is CCC1(CC)C(N)CCCC1(C)N. The average molecular weight is 184 g/mol. The highest BCUT2D eigenvalue weighted by Gasteiger charge is 2.48. The number of hydrogen-bond donors (Lipinski definition) is 2. The van der Waals surface area contributed by atoms with Gasteiger partial charge in [0.2, 0.25) is 0 Å². The topological polar surface area (TPSA) is 52.0 Å². The summed E-state index contributed by atoms with van der Waals surface area (Å²) in [6.45, 7) is 6.62. The molecule has 0 spiro atoms. The van der Waals surface area contributed by atoms with Crippen LogP contribution in [0.5, 0.6) is 0 Å². The predicted molar refractivity (Wildman–Crippen MR) is 57.4 cm³/mol. The molecule has 0 saturated heterocycles. The van der Waals surface area contributed by atoms with E-state index in [0.717, 1.165) is 25.7 Å². The van der Waals surface area contributed by atoms with Crippen molar-refractivity contribution in [2.75, 3.05) is 0 Å². The molecule has 13 heavy (non-hydrogen) atoms. The van der Waals surface area contributed by atoms with Crippen LogP contribution in [0.15, 0.2) is 0 Å². The molecule has 1 aliphatic carbocycles. The van der Waals surface area contributed by atoms with Gasteiger partial charge in [0.1, 0.15) is 0 Å². The first-order valence-electron chi connectivity index (χ1n) is 5.54. The molecule has 2 nitrogen and oxygen atoms in total. The molecule has 0 bridgehead atoms. The minimum atomic E-state index is -0.0613. The molecule has 0 amide bonds. The van der Waals surface area contributed by atoms with Gasteiger partial charge in [0, 0.05) is 17.0 Å². The van der Waals surface area contributed by atoms with Crippen molar-refractivity contribution in [3.05, 3.63) is 0 Å². The zero-order valence-corrected chi connectivity index (χ0v) is 9.27. The maximum Gasteiger partial charge on any atom is 0.0197 e. The van der Waals surface area contributed by atoms with Crippen molar-refractivity contribution < 1.29 is 0 Å². The first-order chi connectivity index (χ1) is 6.00. The zero-order valence-electron chi connectivity index (χ0n) is 9.27. The number of nitrogens with two attached hydrogens (primary N) is 2. The van der Waals surface area contributed by atoms with E-state index in [-0.39, 0.29) is 11.0 Å². The second-order valence-electron chi connectivity index (χ2n) is 4.78. The molecule has 0 aliphatic heterocycles. The van der Waals surface area contributed by atoms with Gasteiger partial charge < -0.3 is 11.5 Å². The third-order valence-corrected chi connectivity index (χ3v) is 4.32. The Balaban J connectivity index is 2.96. The van der Waals surface area contributed by atoms with Crippen LogP contribution in [0.3, 0.4) is 0 Å². The Morgan fingerprint density at radius 1 is 1.31 bits per heavy atom. The molecule has 0 aromatic rings. The summed E-state index contributed by atoms with van der Waals surface area (Å²) >= 11 is 0. The monoisotopic (exact) mass is 184 g/mol. The molecule has 0 radical (unpaired) electrons. The van der Waals surface area contributed by atoms with Gasteiger partial charge in [-0.05, 0) is 32.6 Å². The smallest absolute Gasteiger partial charge is 0.0197 e. The third kappa shape index (κ3) is 1.50. The molecular weight excluding hydrogens is 160 g/mol. The van der Waals surface area contributed by atoms with E-state index in [1.807, 2.05) is 0 Å². The molecule has 4 N–H and O–H groups in total. The average Bonchev–Trinajstić information content (AvgIpc) is 2.05. The van der Waals surface area contributed by atoms with E-state index in [1.54, 1.807) is 0 Å². The van der Waals surface area contributed by atoms with E-state index < -0.39 is 0 Å². The van der Waals surface area contributed by atoms with Gasteiger partial charge in [-0.15, -0.1) is 0 Å². The number of rotatable bonds is 2. The number of hydrogen-bond acceptors (Lipinski definition) is 2. The van der Waals surface area contributed by atoms with Crippen LogP contribution in [0.25, 0.3) is 0 Å². The zero-order chi connectivity index (χ0) is 10.1. The van der Waals surface area contributed by atoms with Crippen molar-refractivity contribution in [1.29, 1.82) is 0 Å². The second-order valence-corrected chi connectivity index (χ2v) is 4.78. The molecule has 2 atom stereocenters. The summed E-state index contributed by atoms with van der Waals surface area (Å²) in [5.41, 5.74) is 12.7. The Bertz CT molecular complexity index is 171. The second kappa shape index (κ2) is 3.58. The van der Waals surface area contributed by atoms with E-state index in [4.69, 9.17) is 11.5 Å². The van der Waals surface area contributed by atoms with Crippen molar-refractivity contribution in [3.8, 4) is 0 Å². The molecule has 0 aromatic carbocycles. The fraction of sp³-hybridized carbons (Fsp3) is 1.00. The molecule has 0 heterocycles. The lowest BCUT2D eigenvalue weighted by atomic mass is 9.57. The largest absolute Gasteiger partial charge is 0.327 e. The van der Waals surface area contributed by atoms with Crippen molar-refractivity contribution >= 4 is 0 Å². The summed E-state index contributed by atoms with van der Waals surface area (Å²) in [5, 5.41) is 0. The van der Waals surface area contributed by atoms with E-state index in [9.17, 15) is 0 Å². The highest BCUT2D eigenvalue weighted by molar-refractivity contribution is 5.06. The van der Waals surface area contributed by atoms with E-state index >= 15 is 0 Å². The van der Waals surface area contributed by atoms with E-state index in [2.05, 4.69) is 20.8 Å². The van der Waals surface area contributed by atoms with Crippen LogP contribution in [0.4, 0.5) is 0 Å².